The molecule has 0 aliphatic carbocycles. The number of nitrogen functional groups attached to an aromatic ring is 2. The third-order valence-corrected chi connectivity index (χ3v) is 3.75. The Morgan fingerprint density at radius 2 is 1.08 bits per heavy atom. The number of benzene rings is 2. The summed E-state index contributed by atoms with van der Waals surface area (Å²) < 4.78 is 25.4. The Labute approximate surface area is 150 Å². The summed E-state index contributed by atoms with van der Waals surface area (Å²) in [6.45, 7) is 0. The van der Waals surface area contributed by atoms with E-state index in [0.717, 1.165) is 24.3 Å². The van der Waals surface area contributed by atoms with E-state index in [1.165, 1.54) is 0 Å². The van der Waals surface area contributed by atoms with E-state index in [1.807, 2.05) is 0 Å². The zero-order valence-electron chi connectivity index (χ0n) is 11.5. The number of hydrogen-bond acceptors (Lipinski definition) is 6. The van der Waals surface area contributed by atoms with Gasteiger partial charge in [0.15, 0.2) is 0 Å². The van der Waals surface area contributed by atoms with Crippen molar-refractivity contribution in [1.29, 1.82) is 0 Å². The molecule has 0 saturated carbocycles. The molecule has 4 N–H and O–H groups in total. The lowest BCUT2D eigenvalue weighted by Gasteiger charge is -1.98. The van der Waals surface area contributed by atoms with Crippen LogP contribution in [0.1, 0.15) is 0 Å². The van der Waals surface area contributed by atoms with Gasteiger partial charge in [-0.05, 0) is 31.9 Å². The number of nitrogens with two attached hydrogens (primary N) is 2. The molecule has 8 nitrogen and oxygen atoms in total. The summed E-state index contributed by atoms with van der Waals surface area (Å²) >= 11 is 5.63. The average molecular weight is 470 g/mol. The number of nitro benzene ring substituents is 2. The molecule has 0 aromatic heterocycles. The first kappa shape index (κ1) is 19.7. The maximum absolute atomic E-state index is 12.7. The number of nitrogens with zero attached hydrogens (tertiary/aromatic N) is 2. The molecule has 2 rings (SSSR count). The van der Waals surface area contributed by atoms with Crippen LogP contribution in [0.4, 0.5) is 31.5 Å². The van der Waals surface area contributed by atoms with E-state index in [-0.39, 0.29) is 31.7 Å². The fraction of sp³-hybridized carbons (Fsp3) is 0. The van der Waals surface area contributed by atoms with E-state index in [4.69, 9.17) is 11.5 Å². The van der Waals surface area contributed by atoms with Gasteiger partial charge in [0.25, 0.3) is 11.4 Å². The molecule has 0 heterocycles. The molecule has 0 fully saturated rings. The largest absolute Gasteiger partial charge is 0.393 e. The summed E-state index contributed by atoms with van der Waals surface area (Å²) in [4.78, 5) is 19.2. The summed E-state index contributed by atoms with van der Waals surface area (Å²) in [5.41, 5.74) is 9.41. The highest BCUT2D eigenvalue weighted by atomic mass is 79.9. The van der Waals surface area contributed by atoms with Crippen LogP contribution in [0.15, 0.2) is 33.2 Å². The average Bonchev–Trinajstić information content (AvgIpc) is 2.46. The summed E-state index contributed by atoms with van der Waals surface area (Å²) in [5.74, 6) is -1.23. The maximum atomic E-state index is 12.7. The first-order chi connectivity index (χ1) is 11.0. The molecule has 0 bridgehead atoms. The molecular weight excluding hydrogens is 462 g/mol. The fourth-order valence-corrected chi connectivity index (χ4v) is 2.08. The maximum Gasteiger partial charge on any atom is 0.293 e. The van der Waals surface area contributed by atoms with Gasteiger partial charge in [-0.1, -0.05) is 0 Å². The molecule has 128 valence electrons. The minimum absolute atomic E-state index is 0.0309. The molecule has 12 heteroatoms. The summed E-state index contributed by atoms with van der Waals surface area (Å²) in [6, 6.07) is 3.87. The number of halogens is 4. The molecule has 0 atom stereocenters. The lowest BCUT2D eigenvalue weighted by Crippen LogP contribution is -1.96. The zero-order chi connectivity index (χ0) is 18.6. The van der Waals surface area contributed by atoms with Gasteiger partial charge in [-0.2, -0.15) is 0 Å². The van der Waals surface area contributed by atoms with Crippen LogP contribution in [-0.4, -0.2) is 9.85 Å². The quantitative estimate of drug-likeness (QED) is 0.384. The third-order valence-electron chi connectivity index (χ3n) is 2.53. The summed E-state index contributed by atoms with van der Waals surface area (Å²) in [7, 11) is 0. The van der Waals surface area contributed by atoms with Crippen molar-refractivity contribution in [1.82, 2.24) is 0 Å². The standard InChI is InChI=1S/2C6H4BrFN2O2/c2*7-3-1-6(10(11)12)5(9)2-4(3)8/h2*1-2H,9H2. The molecule has 2 aromatic rings. The third kappa shape index (κ3) is 4.83. The van der Waals surface area contributed by atoms with Crippen molar-refractivity contribution in [3.63, 3.8) is 0 Å². The van der Waals surface area contributed by atoms with Crippen molar-refractivity contribution in [2.75, 3.05) is 11.5 Å². The van der Waals surface area contributed by atoms with Gasteiger partial charge in [0.2, 0.25) is 0 Å². The van der Waals surface area contributed by atoms with E-state index in [1.54, 1.807) is 0 Å². The van der Waals surface area contributed by atoms with Crippen LogP contribution < -0.4 is 11.5 Å². The van der Waals surface area contributed by atoms with Crippen molar-refractivity contribution in [2.45, 2.75) is 0 Å². The van der Waals surface area contributed by atoms with Gasteiger partial charge in [-0.3, -0.25) is 20.2 Å². The Bertz CT molecular complexity index is 753. The Hall–Kier alpha value is -2.34. The summed E-state index contributed by atoms with van der Waals surface area (Å²) in [5, 5.41) is 20.5. The van der Waals surface area contributed by atoms with Crippen molar-refractivity contribution in [2.24, 2.45) is 0 Å². The van der Waals surface area contributed by atoms with E-state index in [9.17, 15) is 29.0 Å². The lowest BCUT2D eigenvalue weighted by atomic mass is 10.3. The second kappa shape index (κ2) is 7.97. The molecule has 0 spiro atoms. The summed E-state index contributed by atoms with van der Waals surface area (Å²) in [6.07, 6.45) is 0. The van der Waals surface area contributed by atoms with Gasteiger partial charge in [-0.25, -0.2) is 8.78 Å². The molecule has 0 radical (unpaired) electrons. The van der Waals surface area contributed by atoms with Crippen LogP contribution in [0.2, 0.25) is 0 Å². The van der Waals surface area contributed by atoms with Crippen LogP contribution in [0, 0.1) is 31.9 Å². The van der Waals surface area contributed by atoms with E-state index in [2.05, 4.69) is 31.9 Å². The monoisotopic (exact) mass is 468 g/mol. The Kier molecular flexibility index (Phi) is 6.54. The van der Waals surface area contributed by atoms with Gasteiger partial charge in [0.05, 0.1) is 18.8 Å². The van der Waals surface area contributed by atoms with Crippen LogP contribution in [0.25, 0.3) is 0 Å². The highest BCUT2D eigenvalue weighted by Crippen LogP contribution is 2.28. The van der Waals surface area contributed by atoms with Gasteiger partial charge in [0.1, 0.15) is 23.0 Å². The minimum Gasteiger partial charge on any atom is -0.393 e. The Morgan fingerprint density at radius 3 is 1.33 bits per heavy atom. The van der Waals surface area contributed by atoms with Gasteiger partial charge < -0.3 is 11.5 Å². The smallest absolute Gasteiger partial charge is 0.293 e. The first-order valence-corrected chi connectivity index (χ1v) is 7.41. The molecule has 0 unspecified atom stereocenters. The highest BCUT2D eigenvalue weighted by Gasteiger charge is 2.15. The Balaban J connectivity index is 0.000000240. The second-order valence-corrected chi connectivity index (χ2v) is 5.87. The highest BCUT2D eigenvalue weighted by molar-refractivity contribution is 9.10. The fourth-order valence-electron chi connectivity index (χ4n) is 1.42. The minimum atomic E-state index is -0.667. The van der Waals surface area contributed by atoms with Gasteiger partial charge in [-0.15, -0.1) is 0 Å². The van der Waals surface area contributed by atoms with Crippen molar-refractivity contribution in [3.05, 3.63) is 65.1 Å². The van der Waals surface area contributed by atoms with Crippen LogP contribution >= 0.6 is 31.9 Å². The van der Waals surface area contributed by atoms with Gasteiger partial charge >= 0.3 is 0 Å². The topological polar surface area (TPSA) is 138 Å². The van der Waals surface area contributed by atoms with Crippen molar-refractivity contribution >= 4 is 54.6 Å². The molecular formula is C12H8Br2F2N4O4. The first-order valence-electron chi connectivity index (χ1n) is 5.82. The van der Waals surface area contributed by atoms with Crippen LogP contribution in [-0.2, 0) is 0 Å². The van der Waals surface area contributed by atoms with Crippen molar-refractivity contribution < 1.29 is 18.6 Å². The molecule has 0 amide bonds. The normalized spacial score (nSPS) is 9.83. The molecule has 0 saturated heterocycles. The Morgan fingerprint density at radius 1 is 0.792 bits per heavy atom. The predicted molar refractivity (Wildman–Crippen MR) is 90.3 cm³/mol. The lowest BCUT2D eigenvalue weighted by molar-refractivity contribution is -0.384. The van der Waals surface area contributed by atoms with E-state index in [0.29, 0.717) is 0 Å². The van der Waals surface area contributed by atoms with Crippen LogP contribution in [0.3, 0.4) is 0 Å². The molecule has 2 aromatic carbocycles. The zero-order valence-corrected chi connectivity index (χ0v) is 14.7. The van der Waals surface area contributed by atoms with Gasteiger partial charge in [0, 0.05) is 24.3 Å². The SMILES string of the molecule is Nc1cc(F)c(Br)cc1[N+](=O)[O-].Nc1cc(F)c(Br)cc1[N+](=O)[O-]. The molecule has 24 heavy (non-hydrogen) atoms. The molecule has 0 aliphatic rings. The second-order valence-electron chi connectivity index (χ2n) is 4.16. The van der Waals surface area contributed by atoms with Crippen molar-refractivity contribution in [3.8, 4) is 0 Å². The number of anilines is 2. The number of hydrogen-bond donors (Lipinski definition) is 2. The van der Waals surface area contributed by atoms with E-state index < -0.39 is 21.5 Å². The predicted octanol–water partition coefficient (Wildman–Crippen LogP) is 4.16. The number of rotatable bonds is 2. The molecule has 0 aliphatic heterocycles. The van der Waals surface area contributed by atoms with Crippen LogP contribution in [0.5, 0.6) is 0 Å². The number of nitro groups is 2. The van der Waals surface area contributed by atoms with E-state index >= 15 is 0 Å².